The van der Waals surface area contributed by atoms with Crippen LogP contribution in [0.25, 0.3) is 22.0 Å². The Morgan fingerprint density at radius 1 is 1.18 bits per heavy atom. The van der Waals surface area contributed by atoms with Crippen molar-refractivity contribution < 1.29 is 4.79 Å². The van der Waals surface area contributed by atoms with E-state index < -0.39 is 0 Å². The first-order valence-corrected chi connectivity index (χ1v) is 12.3. The third-order valence-electron chi connectivity index (χ3n) is 6.44. The lowest BCUT2D eigenvalue weighted by molar-refractivity contribution is 0.0987. The summed E-state index contributed by atoms with van der Waals surface area (Å²) < 4.78 is 1.69. The number of likely N-dealkylation sites (tertiary alicyclic amines) is 1. The van der Waals surface area contributed by atoms with Gasteiger partial charge in [-0.2, -0.15) is 0 Å². The van der Waals surface area contributed by atoms with Gasteiger partial charge >= 0.3 is 0 Å². The molecule has 0 radical (unpaired) electrons. The van der Waals surface area contributed by atoms with Crippen molar-refractivity contribution in [2.75, 3.05) is 13.1 Å². The Labute approximate surface area is 197 Å². The van der Waals surface area contributed by atoms with E-state index in [9.17, 15) is 4.79 Å². The minimum Gasteiger partial charge on any atom is -0.301 e. The third-order valence-corrected chi connectivity index (χ3v) is 7.44. The van der Waals surface area contributed by atoms with Crippen molar-refractivity contribution in [1.29, 1.82) is 0 Å². The van der Waals surface area contributed by atoms with Gasteiger partial charge in [-0.1, -0.05) is 17.3 Å². The SMILES string of the molecule is CC(C)N1CCC(c2nc(C(=O)Cc3cc4cc(-c5cn(C)nn5)ccc4cn3)cs2)CC1. The first-order chi connectivity index (χ1) is 16.0. The van der Waals surface area contributed by atoms with Gasteiger partial charge in [0.15, 0.2) is 5.78 Å². The largest absolute Gasteiger partial charge is 0.301 e. The average molecular weight is 461 g/mol. The Bertz CT molecular complexity index is 1290. The predicted octanol–water partition coefficient (Wildman–Crippen LogP) is 4.50. The molecule has 0 N–H and O–H groups in total. The molecule has 170 valence electrons. The van der Waals surface area contributed by atoms with Crippen molar-refractivity contribution in [3.05, 3.63) is 58.4 Å². The molecule has 0 saturated carbocycles. The number of hydrogen-bond acceptors (Lipinski definition) is 7. The molecule has 4 aromatic rings. The molecule has 0 spiro atoms. The van der Waals surface area contributed by atoms with Crippen LogP contribution in [0.1, 0.15) is 53.8 Å². The fourth-order valence-electron chi connectivity index (χ4n) is 4.44. The molecule has 4 heterocycles. The Kier molecular flexibility index (Phi) is 6.03. The highest BCUT2D eigenvalue weighted by atomic mass is 32.1. The number of thiazole rings is 1. The lowest BCUT2D eigenvalue weighted by atomic mass is 9.96. The number of piperidine rings is 1. The molecule has 5 rings (SSSR count). The molecule has 1 aromatic carbocycles. The smallest absolute Gasteiger partial charge is 0.187 e. The van der Waals surface area contributed by atoms with E-state index in [1.54, 1.807) is 16.0 Å². The molecule has 1 saturated heterocycles. The Morgan fingerprint density at radius 3 is 2.73 bits per heavy atom. The van der Waals surface area contributed by atoms with Gasteiger partial charge in [0.1, 0.15) is 11.4 Å². The number of aryl methyl sites for hydroxylation is 1. The Hall–Kier alpha value is -2.97. The molecule has 0 atom stereocenters. The Morgan fingerprint density at radius 2 is 2.00 bits per heavy atom. The van der Waals surface area contributed by atoms with Crippen molar-refractivity contribution >= 4 is 27.9 Å². The van der Waals surface area contributed by atoms with Gasteiger partial charge < -0.3 is 4.90 Å². The molecule has 33 heavy (non-hydrogen) atoms. The zero-order valence-corrected chi connectivity index (χ0v) is 20.0. The van der Waals surface area contributed by atoms with Crippen LogP contribution in [0.3, 0.4) is 0 Å². The maximum absolute atomic E-state index is 13.0. The summed E-state index contributed by atoms with van der Waals surface area (Å²) in [5.41, 5.74) is 3.13. The van der Waals surface area contributed by atoms with Crippen LogP contribution in [-0.2, 0) is 13.5 Å². The first-order valence-electron chi connectivity index (χ1n) is 11.4. The molecule has 0 bridgehead atoms. The monoisotopic (exact) mass is 460 g/mol. The van der Waals surface area contributed by atoms with E-state index in [4.69, 9.17) is 4.98 Å². The second-order valence-corrected chi connectivity index (χ2v) is 9.98. The number of benzene rings is 1. The van der Waals surface area contributed by atoms with Crippen molar-refractivity contribution in [1.82, 2.24) is 29.9 Å². The van der Waals surface area contributed by atoms with E-state index in [1.807, 2.05) is 43.0 Å². The molecular weight excluding hydrogens is 432 g/mol. The number of carbonyl (C=O) groups is 1. The Balaban J connectivity index is 1.29. The number of hydrogen-bond donors (Lipinski definition) is 0. The quantitative estimate of drug-likeness (QED) is 0.394. The number of Topliss-reactive ketones (excluding diaryl/α,β-unsaturated/α-hetero) is 1. The average Bonchev–Trinajstić information content (AvgIpc) is 3.48. The highest BCUT2D eigenvalue weighted by molar-refractivity contribution is 7.09. The summed E-state index contributed by atoms with van der Waals surface area (Å²) in [7, 11) is 1.85. The summed E-state index contributed by atoms with van der Waals surface area (Å²) in [5.74, 6) is 0.485. The summed E-state index contributed by atoms with van der Waals surface area (Å²) in [5, 5.41) is 13.3. The fourth-order valence-corrected chi connectivity index (χ4v) is 5.44. The molecule has 1 fully saturated rings. The molecule has 1 aliphatic rings. The molecule has 3 aromatic heterocycles. The van der Waals surface area contributed by atoms with Crippen LogP contribution in [0, 0.1) is 0 Å². The fraction of sp³-hybridized carbons (Fsp3) is 0.400. The van der Waals surface area contributed by atoms with Gasteiger partial charge in [-0.15, -0.1) is 16.4 Å². The highest BCUT2D eigenvalue weighted by Gasteiger charge is 2.25. The summed E-state index contributed by atoms with van der Waals surface area (Å²) >= 11 is 1.62. The van der Waals surface area contributed by atoms with Crippen LogP contribution in [0.2, 0.25) is 0 Å². The number of ketones is 1. The van der Waals surface area contributed by atoms with Crippen LogP contribution in [0.15, 0.2) is 42.0 Å². The zero-order chi connectivity index (χ0) is 22.9. The van der Waals surface area contributed by atoms with Crippen molar-refractivity contribution in [3.63, 3.8) is 0 Å². The van der Waals surface area contributed by atoms with Gasteiger partial charge in [0.2, 0.25) is 0 Å². The van der Waals surface area contributed by atoms with Gasteiger partial charge in [0.25, 0.3) is 0 Å². The lowest BCUT2D eigenvalue weighted by Gasteiger charge is -2.33. The maximum Gasteiger partial charge on any atom is 0.187 e. The minimum absolute atomic E-state index is 0.0223. The normalized spacial score (nSPS) is 15.5. The number of aromatic nitrogens is 5. The number of rotatable bonds is 6. The molecule has 0 amide bonds. The topological polar surface area (TPSA) is 76.8 Å². The number of fused-ring (bicyclic) bond motifs is 1. The van der Waals surface area contributed by atoms with Crippen LogP contribution < -0.4 is 0 Å². The molecule has 8 heteroatoms. The molecule has 0 aliphatic carbocycles. The second kappa shape index (κ2) is 9.11. The number of nitrogens with zero attached hydrogens (tertiary/aromatic N) is 6. The van der Waals surface area contributed by atoms with Gasteiger partial charge in [0.05, 0.1) is 17.6 Å². The number of pyridine rings is 1. The molecular formula is C25H28N6OS. The van der Waals surface area contributed by atoms with Gasteiger partial charge in [-0.05, 0) is 57.3 Å². The molecule has 1 aliphatic heterocycles. The van der Waals surface area contributed by atoms with Crippen LogP contribution in [-0.4, -0.2) is 54.8 Å². The van der Waals surface area contributed by atoms with Gasteiger partial charge in [-0.3, -0.25) is 14.5 Å². The van der Waals surface area contributed by atoms with Gasteiger partial charge in [-0.25, -0.2) is 4.98 Å². The van der Waals surface area contributed by atoms with Crippen LogP contribution >= 0.6 is 11.3 Å². The van der Waals surface area contributed by atoms with Gasteiger partial charge in [0, 0.05) is 47.2 Å². The zero-order valence-electron chi connectivity index (χ0n) is 19.2. The standard InChI is InChI=1S/C25H28N6OS/c1-16(2)31-8-6-17(7-9-31)25-27-23(15-33-25)24(32)12-21-11-20-10-18(4-5-19(20)13-26-21)22-14-30(3)29-28-22/h4-5,10-11,13-17H,6-9,12H2,1-3H3. The molecule has 7 nitrogen and oxygen atoms in total. The van der Waals surface area contributed by atoms with E-state index in [0.717, 1.165) is 58.7 Å². The van der Waals surface area contributed by atoms with Crippen molar-refractivity contribution in [2.45, 2.75) is 45.1 Å². The number of carbonyl (C=O) groups excluding carboxylic acids is 1. The van der Waals surface area contributed by atoms with E-state index in [0.29, 0.717) is 17.7 Å². The molecule has 0 unspecified atom stereocenters. The summed E-state index contributed by atoms with van der Waals surface area (Å²) in [6, 6.07) is 8.68. The third kappa shape index (κ3) is 4.72. The van der Waals surface area contributed by atoms with E-state index >= 15 is 0 Å². The second-order valence-electron chi connectivity index (χ2n) is 9.09. The summed E-state index contributed by atoms with van der Waals surface area (Å²) in [4.78, 5) is 24.7. The van der Waals surface area contributed by atoms with Crippen molar-refractivity contribution in [2.24, 2.45) is 7.05 Å². The van der Waals surface area contributed by atoms with Crippen LogP contribution in [0.5, 0.6) is 0 Å². The minimum atomic E-state index is 0.0223. The first kappa shape index (κ1) is 21.9. The van der Waals surface area contributed by atoms with E-state index in [1.165, 1.54) is 0 Å². The highest BCUT2D eigenvalue weighted by Crippen LogP contribution is 2.31. The van der Waals surface area contributed by atoms with E-state index in [-0.39, 0.29) is 12.2 Å². The summed E-state index contributed by atoms with van der Waals surface area (Å²) in [6.07, 6.45) is 6.19. The summed E-state index contributed by atoms with van der Waals surface area (Å²) in [6.45, 7) is 6.70. The maximum atomic E-state index is 13.0. The van der Waals surface area contributed by atoms with Crippen LogP contribution in [0.4, 0.5) is 0 Å². The van der Waals surface area contributed by atoms with E-state index in [2.05, 4.69) is 40.1 Å². The van der Waals surface area contributed by atoms with Crippen molar-refractivity contribution in [3.8, 4) is 11.3 Å². The lowest BCUT2D eigenvalue weighted by Crippen LogP contribution is -2.37. The predicted molar refractivity (Wildman–Crippen MR) is 131 cm³/mol.